The standard InChI is InChI=1S/C22H33N3O3.ClH/c1-23-15-18-7-5-13-25(16-18)22(27)19-8-6-12-24(17-19)21(26)11-14-28-20-9-3-2-4-10-20;/h2-4,9-10,18-19,23H,5-8,11-17H2,1H3;1H. The Bertz CT molecular complexity index is 641. The Kier molecular flexibility index (Phi) is 9.74. The number of hydrogen-bond acceptors (Lipinski definition) is 4. The number of likely N-dealkylation sites (tertiary alicyclic amines) is 2. The van der Waals surface area contributed by atoms with E-state index >= 15 is 0 Å². The molecule has 0 spiro atoms. The van der Waals surface area contributed by atoms with E-state index in [1.54, 1.807) is 0 Å². The Morgan fingerprint density at radius 3 is 2.55 bits per heavy atom. The number of hydrogen-bond donors (Lipinski definition) is 1. The first-order valence-corrected chi connectivity index (χ1v) is 10.6. The van der Waals surface area contributed by atoms with Gasteiger partial charge in [0.2, 0.25) is 11.8 Å². The summed E-state index contributed by atoms with van der Waals surface area (Å²) in [6.07, 6.45) is 4.39. The van der Waals surface area contributed by atoms with E-state index in [0.717, 1.165) is 51.2 Å². The molecular formula is C22H34ClN3O3. The van der Waals surface area contributed by atoms with Crippen LogP contribution in [0.25, 0.3) is 0 Å². The summed E-state index contributed by atoms with van der Waals surface area (Å²) in [4.78, 5) is 29.5. The Morgan fingerprint density at radius 1 is 1.07 bits per heavy atom. The van der Waals surface area contributed by atoms with Gasteiger partial charge in [-0.15, -0.1) is 12.4 Å². The van der Waals surface area contributed by atoms with Gasteiger partial charge in [0.05, 0.1) is 18.9 Å². The normalized spacial score (nSPS) is 22.0. The minimum absolute atomic E-state index is 0. The molecule has 2 aliphatic heterocycles. The van der Waals surface area contributed by atoms with Gasteiger partial charge < -0.3 is 19.9 Å². The van der Waals surface area contributed by atoms with Crippen LogP contribution in [0.1, 0.15) is 32.1 Å². The molecule has 3 rings (SSSR count). The summed E-state index contributed by atoms with van der Waals surface area (Å²) in [5.74, 6) is 1.59. The number of rotatable bonds is 7. The molecule has 0 saturated carbocycles. The maximum atomic E-state index is 13.0. The smallest absolute Gasteiger partial charge is 0.227 e. The molecule has 0 aromatic heterocycles. The highest BCUT2D eigenvalue weighted by atomic mass is 35.5. The molecule has 0 aliphatic carbocycles. The molecule has 2 aliphatic rings. The van der Waals surface area contributed by atoms with Crippen molar-refractivity contribution >= 4 is 24.2 Å². The topological polar surface area (TPSA) is 61.9 Å². The van der Waals surface area contributed by atoms with Crippen molar-refractivity contribution in [1.82, 2.24) is 15.1 Å². The second-order valence-electron chi connectivity index (χ2n) is 7.94. The van der Waals surface area contributed by atoms with Crippen molar-refractivity contribution in [2.75, 3.05) is 46.4 Å². The lowest BCUT2D eigenvalue weighted by Gasteiger charge is -2.38. The number of carbonyl (C=O) groups is 2. The Morgan fingerprint density at radius 2 is 1.79 bits per heavy atom. The molecule has 1 aromatic rings. The molecule has 1 N–H and O–H groups in total. The summed E-state index contributed by atoms with van der Waals surface area (Å²) < 4.78 is 5.64. The van der Waals surface area contributed by atoms with Crippen molar-refractivity contribution in [3.63, 3.8) is 0 Å². The molecule has 7 heteroatoms. The average molecular weight is 424 g/mol. The quantitative estimate of drug-likeness (QED) is 0.732. The third kappa shape index (κ3) is 6.89. The van der Waals surface area contributed by atoms with Crippen molar-refractivity contribution in [3.05, 3.63) is 30.3 Å². The zero-order valence-corrected chi connectivity index (χ0v) is 18.2. The Labute approximate surface area is 180 Å². The van der Waals surface area contributed by atoms with Gasteiger partial charge in [0.15, 0.2) is 0 Å². The van der Waals surface area contributed by atoms with Crippen LogP contribution >= 0.6 is 12.4 Å². The maximum absolute atomic E-state index is 13.0. The van der Waals surface area contributed by atoms with Crippen molar-refractivity contribution in [3.8, 4) is 5.75 Å². The molecule has 1 aromatic carbocycles. The SMILES string of the molecule is CNCC1CCCN(C(=O)C2CCCN(C(=O)CCOc3ccccc3)C2)C1.Cl. The van der Waals surface area contributed by atoms with Crippen molar-refractivity contribution in [1.29, 1.82) is 0 Å². The summed E-state index contributed by atoms with van der Waals surface area (Å²) in [5, 5.41) is 3.23. The Balaban J connectivity index is 0.00000300. The van der Waals surface area contributed by atoms with Gasteiger partial charge in [-0.1, -0.05) is 18.2 Å². The predicted octanol–water partition coefficient (Wildman–Crippen LogP) is 2.57. The lowest BCUT2D eigenvalue weighted by atomic mass is 9.93. The average Bonchev–Trinajstić information content (AvgIpc) is 2.74. The molecule has 29 heavy (non-hydrogen) atoms. The van der Waals surface area contributed by atoms with E-state index in [-0.39, 0.29) is 30.1 Å². The van der Waals surface area contributed by atoms with Crippen molar-refractivity contribution in [2.24, 2.45) is 11.8 Å². The van der Waals surface area contributed by atoms with Crippen LogP contribution in [0, 0.1) is 11.8 Å². The molecule has 2 unspecified atom stereocenters. The third-order valence-electron chi connectivity index (χ3n) is 5.77. The number of benzene rings is 1. The van der Waals surface area contributed by atoms with E-state index in [1.807, 2.05) is 47.2 Å². The zero-order valence-electron chi connectivity index (χ0n) is 17.3. The molecule has 0 radical (unpaired) electrons. The van der Waals surface area contributed by atoms with Crippen molar-refractivity contribution < 1.29 is 14.3 Å². The highest BCUT2D eigenvalue weighted by Crippen LogP contribution is 2.23. The van der Waals surface area contributed by atoms with Gasteiger partial charge in [-0.2, -0.15) is 0 Å². The van der Waals surface area contributed by atoms with E-state index in [0.29, 0.717) is 25.5 Å². The van der Waals surface area contributed by atoms with Crippen LogP contribution in [0.4, 0.5) is 0 Å². The molecule has 2 atom stereocenters. The first kappa shape index (κ1) is 23.5. The van der Waals surface area contributed by atoms with Crippen LogP contribution in [0.5, 0.6) is 5.75 Å². The number of piperidine rings is 2. The van der Waals surface area contributed by atoms with E-state index < -0.39 is 0 Å². The van der Waals surface area contributed by atoms with Gasteiger partial charge in [-0.3, -0.25) is 9.59 Å². The second kappa shape index (κ2) is 12.0. The highest BCUT2D eigenvalue weighted by molar-refractivity contribution is 5.85. The van der Waals surface area contributed by atoms with Gasteiger partial charge >= 0.3 is 0 Å². The van der Waals surface area contributed by atoms with Gasteiger partial charge in [0, 0.05) is 26.2 Å². The molecule has 162 valence electrons. The number of para-hydroxylation sites is 1. The number of halogens is 1. The number of ether oxygens (including phenoxy) is 1. The summed E-state index contributed by atoms with van der Waals surface area (Å²) >= 11 is 0. The molecule has 2 heterocycles. The minimum atomic E-state index is -0.0546. The summed E-state index contributed by atoms with van der Waals surface area (Å²) in [6.45, 7) is 4.33. The minimum Gasteiger partial charge on any atom is -0.493 e. The van der Waals surface area contributed by atoms with Gasteiger partial charge in [-0.05, 0) is 57.3 Å². The zero-order chi connectivity index (χ0) is 19.8. The van der Waals surface area contributed by atoms with Crippen LogP contribution in [0.3, 0.4) is 0 Å². The van der Waals surface area contributed by atoms with Crippen LogP contribution in [-0.2, 0) is 9.59 Å². The molecule has 2 amide bonds. The fraction of sp³-hybridized carbons (Fsp3) is 0.636. The summed E-state index contributed by atoms with van der Waals surface area (Å²) in [7, 11) is 1.97. The van der Waals surface area contributed by atoms with E-state index in [9.17, 15) is 9.59 Å². The van der Waals surface area contributed by atoms with Crippen LogP contribution in [0.2, 0.25) is 0 Å². The second-order valence-corrected chi connectivity index (χ2v) is 7.94. The lowest BCUT2D eigenvalue weighted by molar-refractivity contribution is -0.142. The van der Waals surface area contributed by atoms with Crippen LogP contribution in [-0.4, -0.2) is 68.0 Å². The van der Waals surface area contributed by atoms with Crippen LogP contribution < -0.4 is 10.1 Å². The number of amides is 2. The third-order valence-corrected chi connectivity index (χ3v) is 5.77. The predicted molar refractivity (Wildman–Crippen MR) is 116 cm³/mol. The highest BCUT2D eigenvalue weighted by Gasteiger charge is 2.33. The largest absolute Gasteiger partial charge is 0.493 e. The van der Waals surface area contributed by atoms with E-state index in [2.05, 4.69) is 5.32 Å². The number of nitrogens with one attached hydrogen (secondary N) is 1. The van der Waals surface area contributed by atoms with E-state index in [1.165, 1.54) is 6.42 Å². The first-order valence-electron chi connectivity index (χ1n) is 10.6. The fourth-order valence-corrected chi connectivity index (χ4v) is 4.31. The monoisotopic (exact) mass is 423 g/mol. The van der Waals surface area contributed by atoms with E-state index in [4.69, 9.17) is 4.74 Å². The molecule has 6 nitrogen and oxygen atoms in total. The molecular weight excluding hydrogens is 390 g/mol. The number of nitrogens with zero attached hydrogens (tertiary/aromatic N) is 2. The van der Waals surface area contributed by atoms with Crippen LogP contribution in [0.15, 0.2) is 30.3 Å². The maximum Gasteiger partial charge on any atom is 0.227 e. The lowest BCUT2D eigenvalue weighted by Crippen LogP contribution is -2.50. The summed E-state index contributed by atoms with van der Waals surface area (Å²) in [6, 6.07) is 9.55. The van der Waals surface area contributed by atoms with Gasteiger partial charge in [-0.25, -0.2) is 0 Å². The van der Waals surface area contributed by atoms with Gasteiger partial charge in [0.1, 0.15) is 5.75 Å². The molecule has 2 fully saturated rings. The fourth-order valence-electron chi connectivity index (χ4n) is 4.31. The first-order chi connectivity index (χ1) is 13.7. The van der Waals surface area contributed by atoms with Gasteiger partial charge in [0.25, 0.3) is 0 Å². The molecule has 2 saturated heterocycles. The number of carbonyl (C=O) groups excluding carboxylic acids is 2. The van der Waals surface area contributed by atoms with Crippen molar-refractivity contribution in [2.45, 2.75) is 32.1 Å². The Hall–Kier alpha value is -1.79. The molecule has 0 bridgehead atoms. The summed E-state index contributed by atoms with van der Waals surface area (Å²) in [5.41, 5.74) is 0.